The SMILES string of the molecule is CNC(Cn1c(C(F)(F)F)cccc1=O)C1CC1. The highest BCUT2D eigenvalue weighted by atomic mass is 19.4. The predicted octanol–water partition coefficient (Wildman–Crippen LogP) is 1.87. The summed E-state index contributed by atoms with van der Waals surface area (Å²) < 4.78 is 39.3. The standard InChI is InChI=1S/C12H15F3N2O/c1-16-9(8-5-6-8)7-17-10(12(13,14)15)3-2-4-11(17)18/h2-4,8-9,16H,5-7H2,1H3. The molecule has 0 aliphatic heterocycles. The Morgan fingerprint density at radius 3 is 2.61 bits per heavy atom. The number of halogens is 3. The Bertz CT molecular complexity index is 477. The van der Waals surface area contributed by atoms with Crippen LogP contribution in [0.25, 0.3) is 0 Å². The van der Waals surface area contributed by atoms with Crippen LogP contribution in [0.2, 0.25) is 0 Å². The van der Waals surface area contributed by atoms with Gasteiger partial charge in [0, 0.05) is 18.7 Å². The first-order valence-electron chi connectivity index (χ1n) is 5.88. The molecule has 1 atom stereocenters. The van der Waals surface area contributed by atoms with Gasteiger partial charge in [0.1, 0.15) is 5.69 Å². The third kappa shape index (κ3) is 2.75. The van der Waals surface area contributed by atoms with E-state index in [1.807, 2.05) is 0 Å². The molecule has 1 aromatic rings. The van der Waals surface area contributed by atoms with Crippen molar-refractivity contribution in [1.82, 2.24) is 9.88 Å². The monoisotopic (exact) mass is 260 g/mol. The van der Waals surface area contributed by atoms with E-state index in [-0.39, 0.29) is 12.6 Å². The molecule has 0 saturated heterocycles. The van der Waals surface area contributed by atoms with E-state index in [4.69, 9.17) is 0 Å². The molecule has 1 aromatic heterocycles. The molecule has 0 spiro atoms. The maximum atomic E-state index is 12.8. The third-order valence-electron chi connectivity index (χ3n) is 3.28. The smallest absolute Gasteiger partial charge is 0.315 e. The molecule has 18 heavy (non-hydrogen) atoms. The quantitative estimate of drug-likeness (QED) is 0.896. The van der Waals surface area contributed by atoms with Gasteiger partial charge in [-0.25, -0.2) is 0 Å². The molecule has 2 rings (SSSR count). The number of nitrogens with one attached hydrogen (secondary N) is 1. The van der Waals surface area contributed by atoms with Gasteiger partial charge in [-0.05, 0) is 31.9 Å². The van der Waals surface area contributed by atoms with Gasteiger partial charge in [0.2, 0.25) is 0 Å². The van der Waals surface area contributed by atoms with Gasteiger partial charge >= 0.3 is 6.18 Å². The average Bonchev–Trinajstić information content (AvgIpc) is 3.10. The van der Waals surface area contributed by atoms with Crippen LogP contribution in [-0.2, 0) is 12.7 Å². The highest BCUT2D eigenvalue weighted by Crippen LogP contribution is 2.34. The fourth-order valence-electron chi connectivity index (χ4n) is 2.13. The molecule has 1 aliphatic rings. The van der Waals surface area contributed by atoms with Gasteiger partial charge in [-0.3, -0.25) is 4.79 Å². The first kappa shape index (κ1) is 13.1. The van der Waals surface area contributed by atoms with Gasteiger partial charge in [0.05, 0.1) is 0 Å². The van der Waals surface area contributed by atoms with Crippen LogP contribution in [0.3, 0.4) is 0 Å². The Morgan fingerprint density at radius 1 is 1.44 bits per heavy atom. The highest BCUT2D eigenvalue weighted by Gasteiger charge is 2.36. The molecule has 0 radical (unpaired) electrons. The molecule has 0 bridgehead atoms. The summed E-state index contributed by atoms with van der Waals surface area (Å²) in [5.74, 6) is 0.378. The van der Waals surface area contributed by atoms with E-state index in [1.54, 1.807) is 7.05 Å². The summed E-state index contributed by atoms with van der Waals surface area (Å²) in [6.45, 7) is 0.0652. The van der Waals surface area contributed by atoms with Crippen LogP contribution in [0.5, 0.6) is 0 Å². The van der Waals surface area contributed by atoms with E-state index in [2.05, 4.69) is 5.32 Å². The Kier molecular flexibility index (Phi) is 3.47. The van der Waals surface area contributed by atoms with Crippen LogP contribution in [-0.4, -0.2) is 17.7 Å². The summed E-state index contributed by atoms with van der Waals surface area (Å²) in [7, 11) is 1.71. The molecule has 1 aliphatic carbocycles. The van der Waals surface area contributed by atoms with E-state index in [9.17, 15) is 18.0 Å². The molecule has 1 N–H and O–H groups in total. The van der Waals surface area contributed by atoms with Gasteiger partial charge < -0.3 is 9.88 Å². The largest absolute Gasteiger partial charge is 0.431 e. The molecule has 0 aromatic carbocycles. The van der Waals surface area contributed by atoms with Crippen LogP contribution in [0.15, 0.2) is 23.0 Å². The summed E-state index contributed by atoms with van der Waals surface area (Å²) in [6, 6.07) is 3.18. The van der Waals surface area contributed by atoms with Crippen molar-refractivity contribution in [2.75, 3.05) is 7.05 Å². The number of likely N-dealkylation sites (N-methyl/N-ethyl adjacent to an activating group) is 1. The lowest BCUT2D eigenvalue weighted by Crippen LogP contribution is -2.38. The zero-order chi connectivity index (χ0) is 13.3. The second-order valence-electron chi connectivity index (χ2n) is 4.59. The Morgan fingerprint density at radius 2 is 2.11 bits per heavy atom. The average molecular weight is 260 g/mol. The minimum atomic E-state index is -4.50. The molecular weight excluding hydrogens is 245 g/mol. The van der Waals surface area contributed by atoms with Crippen LogP contribution in [0.1, 0.15) is 18.5 Å². The Hall–Kier alpha value is -1.30. The molecule has 3 nitrogen and oxygen atoms in total. The van der Waals surface area contributed by atoms with Crippen molar-refractivity contribution < 1.29 is 13.2 Å². The zero-order valence-electron chi connectivity index (χ0n) is 10.00. The summed E-state index contributed by atoms with van der Waals surface area (Å²) in [6.07, 6.45) is -2.48. The minimum absolute atomic E-state index is 0.0652. The number of pyridine rings is 1. The van der Waals surface area contributed by atoms with E-state index in [1.165, 1.54) is 0 Å². The minimum Gasteiger partial charge on any atom is -0.315 e. The molecule has 1 saturated carbocycles. The second-order valence-corrected chi connectivity index (χ2v) is 4.59. The lowest BCUT2D eigenvalue weighted by atomic mass is 10.1. The van der Waals surface area contributed by atoms with Gasteiger partial charge in [0.25, 0.3) is 5.56 Å². The maximum Gasteiger partial charge on any atom is 0.431 e. The van der Waals surface area contributed by atoms with Crippen molar-refractivity contribution in [2.24, 2.45) is 5.92 Å². The van der Waals surface area contributed by atoms with E-state index in [0.717, 1.165) is 35.6 Å². The predicted molar refractivity (Wildman–Crippen MR) is 61.3 cm³/mol. The van der Waals surface area contributed by atoms with Crippen molar-refractivity contribution in [1.29, 1.82) is 0 Å². The van der Waals surface area contributed by atoms with Crippen LogP contribution >= 0.6 is 0 Å². The number of alkyl halides is 3. The Balaban J connectivity index is 2.33. The van der Waals surface area contributed by atoms with Crippen LogP contribution in [0, 0.1) is 5.92 Å². The van der Waals surface area contributed by atoms with Crippen molar-refractivity contribution in [2.45, 2.75) is 31.6 Å². The number of hydrogen-bond donors (Lipinski definition) is 1. The first-order valence-corrected chi connectivity index (χ1v) is 5.88. The molecule has 1 unspecified atom stereocenters. The van der Waals surface area contributed by atoms with E-state index >= 15 is 0 Å². The molecular formula is C12H15F3N2O. The number of rotatable bonds is 4. The van der Waals surface area contributed by atoms with Gasteiger partial charge in [0.15, 0.2) is 0 Å². The van der Waals surface area contributed by atoms with Crippen LogP contribution < -0.4 is 10.9 Å². The summed E-state index contributed by atoms with van der Waals surface area (Å²) in [5, 5.41) is 2.99. The normalized spacial score (nSPS) is 17.8. The zero-order valence-corrected chi connectivity index (χ0v) is 10.00. The van der Waals surface area contributed by atoms with Gasteiger partial charge in [-0.1, -0.05) is 6.07 Å². The fraction of sp³-hybridized carbons (Fsp3) is 0.583. The van der Waals surface area contributed by atoms with Gasteiger partial charge in [-0.2, -0.15) is 13.2 Å². The summed E-state index contributed by atoms with van der Waals surface area (Å²) >= 11 is 0. The van der Waals surface area contributed by atoms with Gasteiger partial charge in [-0.15, -0.1) is 0 Å². The maximum absolute atomic E-state index is 12.8. The molecule has 100 valence electrons. The summed E-state index contributed by atoms with van der Waals surface area (Å²) in [5.41, 5.74) is -1.48. The second kappa shape index (κ2) is 4.76. The molecule has 0 amide bonds. The molecule has 1 fully saturated rings. The highest BCUT2D eigenvalue weighted by molar-refractivity contribution is 5.11. The molecule has 1 heterocycles. The third-order valence-corrected chi connectivity index (χ3v) is 3.28. The lowest BCUT2D eigenvalue weighted by Gasteiger charge is -2.20. The van der Waals surface area contributed by atoms with Crippen molar-refractivity contribution in [3.05, 3.63) is 34.2 Å². The number of hydrogen-bond acceptors (Lipinski definition) is 2. The number of nitrogens with zero attached hydrogens (tertiary/aromatic N) is 1. The molecule has 6 heteroatoms. The topological polar surface area (TPSA) is 34.0 Å². The van der Waals surface area contributed by atoms with E-state index in [0.29, 0.717) is 5.92 Å². The number of aromatic nitrogens is 1. The van der Waals surface area contributed by atoms with Crippen molar-refractivity contribution in [3.8, 4) is 0 Å². The van der Waals surface area contributed by atoms with Crippen LogP contribution in [0.4, 0.5) is 13.2 Å². The fourth-order valence-corrected chi connectivity index (χ4v) is 2.13. The summed E-state index contributed by atoms with van der Waals surface area (Å²) in [4.78, 5) is 11.6. The Labute approximate surface area is 103 Å². The lowest BCUT2D eigenvalue weighted by molar-refractivity contribution is -0.144. The first-order chi connectivity index (χ1) is 8.43. The van der Waals surface area contributed by atoms with Crippen molar-refractivity contribution >= 4 is 0 Å². The van der Waals surface area contributed by atoms with E-state index < -0.39 is 17.4 Å². The van der Waals surface area contributed by atoms with Crippen molar-refractivity contribution in [3.63, 3.8) is 0 Å².